The summed E-state index contributed by atoms with van der Waals surface area (Å²) in [6.45, 7) is 0.396. The summed E-state index contributed by atoms with van der Waals surface area (Å²) in [6, 6.07) is 2.16. The van der Waals surface area contributed by atoms with Crippen molar-refractivity contribution < 1.29 is 9.31 Å². The zero-order chi connectivity index (χ0) is 14.2. The fourth-order valence-electron chi connectivity index (χ4n) is 2.28. The molecule has 0 spiro atoms. The van der Waals surface area contributed by atoms with Crippen LogP contribution in [-0.4, -0.2) is 24.6 Å². The molecule has 1 aromatic carbocycles. The SMILES string of the molecule is CN(c1cc(Cl)c(F)cc1[N+](=O)[O-])C(CN)C1CC1. The molecule has 0 heterocycles. The van der Waals surface area contributed by atoms with E-state index in [4.69, 9.17) is 17.3 Å². The molecule has 19 heavy (non-hydrogen) atoms. The third-order valence-corrected chi connectivity index (χ3v) is 3.79. The van der Waals surface area contributed by atoms with E-state index < -0.39 is 10.7 Å². The van der Waals surface area contributed by atoms with Gasteiger partial charge in [0.15, 0.2) is 0 Å². The maximum absolute atomic E-state index is 13.4. The molecule has 0 aliphatic heterocycles. The first-order chi connectivity index (χ1) is 8.95. The van der Waals surface area contributed by atoms with Crippen LogP contribution in [0.25, 0.3) is 0 Å². The van der Waals surface area contributed by atoms with Crippen molar-refractivity contribution in [1.29, 1.82) is 0 Å². The van der Waals surface area contributed by atoms with Crippen LogP contribution in [-0.2, 0) is 0 Å². The summed E-state index contributed by atoms with van der Waals surface area (Å²) in [4.78, 5) is 12.2. The standard InChI is InChI=1S/C12H15ClFN3O2/c1-16(12(6-15)7-2-3-7)10-4-8(13)9(14)5-11(10)17(18)19/h4-5,7,12H,2-3,6,15H2,1H3. The van der Waals surface area contributed by atoms with Crippen LogP contribution in [0.15, 0.2) is 12.1 Å². The Morgan fingerprint density at radius 2 is 2.26 bits per heavy atom. The molecule has 0 aromatic heterocycles. The van der Waals surface area contributed by atoms with Gasteiger partial charge in [0.25, 0.3) is 5.69 Å². The molecule has 0 saturated heterocycles. The summed E-state index contributed by atoms with van der Waals surface area (Å²) in [6.07, 6.45) is 2.13. The van der Waals surface area contributed by atoms with Crippen LogP contribution in [0.5, 0.6) is 0 Å². The first kappa shape index (κ1) is 14.0. The molecule has 2 N–H and O–H groups in total. The van der Waals surface area contributed by atoms with E-state index in [1.165, 1.54) is 6.07 Å². The lowest BCUT2D eigenvalue weighted by atomic mass is 10.1. The van der Waals surface area contributed by atoms with Crippen LogP contribution in [0.2, 0.25) is 5.02 Å². The topological polar surface area (TPSA) is 72.4 Å². The highest BCUT2D eigenvalue weighted by Gasteiger charge is 2.35. The summed E-state index contributed by atoms with van der Waals surface area (Å²) in [5, 5.41) is 10.9. The predicted octanol–water partition coefficient (Wildman–Crippen LogP) is 2.56. The van der Waals surface area contributed by atoms with Crippen molar-refractivity contribution in [3.8, 4) is 0 Å². The lowest BCUT2D eigenvalue weighted by Crippen LogP contribution is -2.40. The maximum Gasteiger partial charge on any atom is 0.295 e. The molecule has 1 saturated carbocycles. The minimum Gasteiger partial charge on any atom is -0.364 e. The Morgan fingerprint density at radius 1 is 1.63 bits per heavy atom. The zero-order valence-electron chi connectivity index (χ0n) is 10.5. The number of hydrogen-bond donors (Lipinski definition) is 1. The van der Waals surface area contributed by atoms with E-state index in [1.807, 2.05) is 0 Å². The average Bonchev–Trinajstić information content (AvgIpc) is 3.17. The summed E-state index contributed by atoms with van der Waals surface area (Å²) >= 11 is 5.72. The van der Waals surface area contributed by atoms with Crippen molar-refractivity contribution in [2.45, 2.75) is 18.9 Å². The second-order valence-corrected chi connectivity index (χ2v) is 5.17. The number of nitrogens with zero attached hydrogens (tertiary/aromatic N) is 2. The second-order valence-electron chi connectivity index (χ2n) is 4.76. The molecular formula is C12H15ClFN3O2. The minimum atomic E-state index is -0.791. The van der Waals surface area contributed by atoms with Gasteiger partial charge in [-0.1, -0.05) is 11.6 Å². The van der Waals surface area contributed by atoms with Gasteiger partial charge in [-0.25, -0.2) is 4.39 Å². The van der Waals surface area contributed by atoms with Crippen molar-refractivity contribution in [2.24, 2.45) is 11.7 Å². The third-order valence-electron chi connectivity index (χ3n) is 3.50. The summed E-state index contributed by atoms with van der Waals surface area (Å²) < 4.78 is 13.4. The van der Waals surface area contributed by atoms with E-state index in [1.54, 1.807) is 11.9 Å². The number of nitrogens with two attached hydrogens (primary N) is 1. The van der Waals surface area contributed by atoms with E-state index in [0.717, 1.165) is 18.9 Å². The fourth-order valence-corrected chi connectivity index (χ4v) is 2.44. The largest absolute Gasteiger partial charge is 0.364 e. The van der Waals surface area contributed by atoms with Gasteiger partial charge in [-0.2, -0.15) is 0 Å². The smallest absolute Gasteiger partial charge is 0.295 e. The van der Waals surface area contributed by atoms with Crippen LogP contribution >= 0.6 is 11.6 Å². The van der Waals surface area contributed by atoms with Gasteiger partial charge >= 0.3 is 0 Å². The van der Waals surface area contributed by atoms with Crippen molar-refractivity contribution in [3.63, 3.8) is 0 Å². The highest BCUT2D eigenvalue weighted by Crippen LogP contribution is 2.39. The molecule has 104 valence electrons. The van der Waals surface area contributed by atoms with E-state index >= 15 is 0 Å². The number of likely N-dealkylation sites (N-methyl/N-ethyl adjacent to an activating group) is 1. The lowest BCUT2D eigenvalue weighted by Gasteiger charge is -2.29. The number of nitro benzene ring substituents is 1. The van der Waals surface area contributed by atoms with E-state index in [-0.39, 0.29) is 16.8 Å². The fraction of sp³-hybridized carbons (Fsp3) is 0.500. The number of hydrogen-bond acceptors (Lipinski definition) is 4. The average molecular weight is 288 g/mol. The molecular weight excluding hydrogens is 273 g/mol. The quantitative estimate of drug-likeness (QED) is 0.667. The number of nitro groups is 1. The molecule has 1 atom stereocenters. The summed E-state index contributed by atoms with van der Waals surface area (Å²) in [7, 11) is 1.73. The first-order valence-electron chi connectivity index (χ1n) is 6.02. The number of halogens is 2. The molecule has 1 fully saturated rings. The molecule has 5 nitrogen and oxygen atoms in total. The van der Waals surface area contributed by atoms with Gasteiger partial charge < -0.3 is 10.6 Å². The Bertz CT molecular complexity index is 508. The predicted molar refractivity (Wildman–Crippen MR) is 72.0 cm³/mol. The Morgan fingerprint density at radius 3 is 2.74 bits per heavy atom. The van der Waals surface area contributed by atoms with Gasteiger partial charge in [-0.3, -0.25) is 10.1 Å². The Balaban J connectivity index is 2.41. The maximum atomic E-state index is 13.4. The van der Waals surface area contributed by atoms with E-state index in [2.05, 4.69) is 0 Å². The van der Waals surface area contributed by atoms with Crippen molar-refractivity contribution in [2.75, 3.05) is 18.5 Å². The van der Waals surface area contributed by atoms with Gasteiger partial charge in [0.1, 0.15) is 11.5 Å². The zero-order valence-corrected chi connectivity index (χ0v) is 11.2. The molecule has 0 radical (unpaired) electrons. The monoisotopic (exact) mass is 287 g/mol. The molecule has 1 aliphatic carbocycles. The van der Waals surface area contributed by atoms with Gasteiger partial charge in [0, 0.05) is 19.6 Å². The van der Waals surface area contributed by atoms with E-state index in [0.29, 0.717) is 18.2 Å². The second kappa shape index (κ2) is 5.30. The van der Waals surface area contributed by atoms with Gasteiger partial charge in [-0.05, 0) is 24.8 Å². The van der Waals surface area contributed by atoms with Crippen LogP contribution < -0.4 is 10.6 Å². The lowest BCUT2D eigenvalue weighted by molar-refractivity contribution is -0.384. The van der Waals surface area contributed by atoms with Crippen LogP contribution in [0.1, 0.15) is 12.8 Å². The van der Waals surface area contributed by atoms with Crippen LogP contribution in [0.3, 0.4) is 0 Å². The molecule has 0 amide bonds. The minimum absolute atomic E-state index is 0.0141. The molecule has 2 rings (SSSR count). The molecule has 1 unspecified atom stereocenters. The Hall–Kier alpha value is -1.40. The number of rotatable bonds is 5. The molecule has 0 bridgehead atoms. The highest BCUT2D eigenvalue weighted by molar-refractivity contribution is 6.31. The van der Waals surface area contributed by atoms with Crippen molar-refractivity contribution >= 4 is 23.0 Å². The van der Waals surface area contributed by atoms with E-state index in [9.17, 15) is 14.5 Å². The normalized spacial score (nSPS) is 16.2. The van der Waals surface area contributed by atoms with Crippen LogP contribution in [0, 0.1) is 21.8 Å². The van der Waals surface area contributed by atoms with Gasteiger partial charge in [0.05, 0.1) is 16.0 Å². The summed E-state index contributed by atoms with van der Waals surface area (Å²) in [5.41, 5.74) is 5.74. The number of benzene rings is 1. The highest BCUT2D eigenvalue weighted by atomic mass is 35.5. The first-order valence-corrected chi connectivity index (χ1v) is 6.39. The Kier molecular flexibility index (Phi) is 3.91. The van der Waals surface area contributed by atoms with Crippen molar-refractivity contribution in [3.05, 3.63) is 33.1 Å². The molecule has 1 aliphatic rings. The molecule has 7 heteroatoms. The molecule has 1 aromatic rings. The third kappa shape index (κ3) is 2.79. The summed E-state index contributed by atoms with van der Waals surface area (Å²) in [5.74, 6) is -0.348. The Labute approximate surface area is 115 Å². The number of anilines is 1. The van der Waals surface area contributed by atoms with Gasteiger partial charge in [-0.15, -0.1) is 0 Å². The van der Waals surface area contributed by atoms with Crippen LogP contribution in [0.4, 0.5) is 15.8 Å². The van der Waals surface area contributed by atoms with Gasteiger partial charge in [0.2, 0.25) is 0 Å². The van der Waals surface area contributed by atoms with Crippen molar-refractivity contribution in [1.82, 2.24) is 0 Å².